The summed E-state index contributed by atoms with van der Waals surface area (Å²) in [6, 6.07) is 19.0. The summed E-state index contributed by atoms with van der Waals surface area (Å²) in [5.41, 5.74) is 0.486. The molecule has 0 aliphatic rings. The second-order valence-corrected chi connectivity index (χ2v) is 6.43. The van der Waals surface area contributed by atoms with E-state index in [1.54, 1.807) is 24.3 Å². The monoisotopic (exact) mass is 411 g/mol. The molecule has 1 N–H and O–H groups in total. The Kier molecular flexibility index (Phi) is 6.75. The first kappa shape index (κ1) is 21.0. The van der Waals surface area contributed by atoms with E-state index in [9.17, 15) is 18.4 Å². The molecule has 0 aromatic heterocycles. The molecule has 0 fully saturated rings. The smallest absolute Gasteiger partial charge is 0.338 e. The Hall–Kier alpha value is -3.74. The van der Waals surface area contributed by atoms with Crippen LogP contribution in [-0.2, 0) is 16.1 Å². The number of anilines is 1. The fraction of sp³-hybridized carbons (Fsp3) is 0.130. The Labute approximate surface area is 172 Å². The molecular formula is C23H19F2NO4. The molecule has 5 nitrogen and oxygen atoms in total. The fourth-order valence-electron chi connectivity index (χ4n) is 2.54. The van der Waals surface area contributed by atoms with Crippen molar-refractivity contribution in [3.63, 3.8) is 0 Å². The van der Waals surface area contributed by atoms with Gasteiger partial charge in [0, 0.05) is 0 Å². The number of esters is 1. The largest absolute Gasteiger partial charge is 0.489 e. The number of halogens is 2. The van der Waals surface area contributed by atoms with E-state index in [1.165, 1.54) is 13.0 Å². The van der Waals surface area contributed by atoms with Crippen molar-refractivity contribution in [3.8, 4) is 5.75 Å². The third-order valence-corrected chi connectivity index (χ3v) is 4.20. The zero-order valence-electron chi connectivity index (χ0n) is 16.1. The molecule has 154 valence electrons. The molecule has 7 heteroatoms. The van der Waals surface area contributed by atoms with Gasteiger partial charge in [-0.1, -0.05) is 36.4 Å². The van der Waals surface area contributed by atoms with Gasteiger partial charge in [0.2, 0.25) is 0 Å². The lowest BCUT2D eigenvalue weighted by Crippen LogP contribution is -2.30. The molecule has 1 atom stereocenters. The maximum absolute atomic E-state index is 13.6. The third-order valence-electron chi connectivity index (χ3n) is 4.20. The predicted octanol–water partition coefficient (Wildman–Crippen LogP) is 4.73. The van der Waals surface area contributed by atoms with Crippen LogP contribution in [0.1, 0.15) is 22.8 Å². The van der Waals surface area contributed by atoms with Gasteiger partial charge in [-0.05, 0) is 48.9 Å². The molecule has 0 heterocycles. The van der Waals surface area contributed by atoms with Crippen LogP contribution in [0.2, 0.25) is 0 Å². The second kappa shape index (κ2) is 9.65. The lowest BCUT2D eigenvalue weighted by molar-refractivity contribution is -0.123. The Morgan fingerprint density at radius 3 is 2.17 bits per heavy atom. The van der Waals surface area contributed by atoms with Crippen LogP contribution in [0.3, 0.4) is 0 Å². The molecule has 1 amide bonds. The minimum Gasteiger partial charge on any atom is -0.489 e. The van der Waals surface area contributed by atoms with Gasteiger partial charge < -0.3 is 14.8 Å². The van der Waals surface area contributed by atoms with Crippen LogP contribution in [0, 0.1) is 11.6 Å². The second-order valence-electron chi connectivity index (χ2n) is 6.43. The maximum atomic E-state index is 13.6. The Bertz CT molecular complexity index is 1000. The molecule has 3 aromatic rings. The van der Waals surface area contributed by atoms with Crippen LogP contribution in [-0.4, -0.2) is 18.0 Å². The minimum absolute atomic E-state index is 0.232. The highest BCUT2D eigenvalue weighted by Gasteiger charge is 2.21. The highest BCUT2D eigenvalue weighted by molar-refractivity contribution is 5.97. The van der Waals surface area contributed by atoms with Gasteiger partial charge in [-0.2, -0.15) is 0 Å². The van der Waals surface area contributed by atoms with Gasteiger partial charge in [-0.15, -0.1) is 0 Å². The number of carbonyl (C=O) groups is 2. The van der Waals surface area contributed by atoms with Crippen molar-refractivity contribution in [3.05, 3.63) is 95.6 Å². The van der Waals surface area contributed by atoms with Gasteiger partial charge in [0.15, 0.2) is 6.10 Å². The molecule has 0 unspecified atom stereocenters. The first-order chi connectivity index (χ1) is 14.4. The topological polar surface area (TPSA) is 64.6 Å². The van der Waals surface area contributed by atoms with E-state index in [0.717, 1.165) is 23.4 Å². The van der Waals surface area contributed by atoms with Crippen LogP contribution < -0.4 is 10.1 Å². The molecule has 0 saturated heterocycles. The van der Waals surface area contributed by atoms with Crippen molar-refractivity contribution in [2.45, 2.75) is 19.6 Å². The molecule has 0 spiro atoms. The maximum Gasteiger partial charge on any atom is 0.338 e. The summed E-state index contributed by atoms with van der Waals surface area (Å²) in [4.78, 5) is 24.4. The lowest BCUT2D eigenvalue weighted by Gasteiger charge is -2.14. The number of amides is 1. The molecule has 30 heavy (non-hydrogen) atoms. The number of carbonyl (C=O) groups excluding carboxylic acids is 2. The number of rotatable bonds is 7. The molecule has 0 aliphatic carbocycles. The van der Waals surface area contributed by atoms with Crippen LogP contribution in [0.5, 0.6) is 5.75 Å². The van der Waals surface area contributed by atoms with Crippen molar-refractivity contribution in [2.75, 3.05) is 5.32 Å². The highest BCUT2D eigenvalue weighted by Crippen LogP contribution is 2.19. The number of hydrogen-bond donors (Lipinski definition) is 1. The van der Waals surface area contributed by atoms with E-state index < -0.39 is 35.3 Å². The molecule has 0 bridgehead atoms. The number of nitrogens with one attached hydrogen (secondary N) is 1. The lowest BCUT2D eigenvalue weighted by atomic mass is 10.1. The summed E-state index contributed by atoms with van der Waals surface area (Å²) < 4.78 is 38.0. The van der Waals surface area contributed by atoms with Gasteiger partial charge in [0.25, 0.3) is 5.91 Å². The Morgan fingerprint density at radius 1 is 0.900 bits per heavy atom. The number of hydrogen-bond acceptors (Lipinski definition) is 4. The van der Waals surface area contributed by atoms with Gasteiger partial charge in [0.1, 0.15) is 29.7 Å². The summed E-state index contributed by atoms with van der Waals surface area (Å²) >= 11 is 0. The van der Waals surface area contributed by atoms with Gasteiger partial charge >= 0.3 is 5.97 Å². The van der Waals surface area contributed by atoms with Crippen molar-refractivity contribution < 1.29 is 27.8 Å². The van der Waals surface area contributed by atoms with Gasteiger partial charge in [-0.3, -0.25) is 4.79 Å². The van der Waals surface area contributed by atoms with Crippen LogP contribution in [0.15, 0.2) is 72.8 Å². The van der Waals surface area contributed by atoms with E-state index in [4.69, 9.17) is 9.47 Å². The van der Waals surface area contributed by atoms with Crippen LogP contribution in [0.25, 0.3) is 0 Å². The Balaban J connectivity index is 1.55. The molecule has 0 aliphatic heterocycles. The Morgan fingerprint density at radius 2 is 1.53 bits per heavy atom. The van der Waals surface area contributed by atoms with Crippen molar-refractivity contribution in [2.24, 2.45) is 0 Å². The summed E-state index contributed by atoms with van der Waals surface area (Å²) in [6.07, 6.45) is -1.25. The molecule has 3 aromatic carbocycles. The summed E-state index contributed by atoms with van der Waals surface area (Å²) in [5.74, 6) is -2.69. The van der Waals surface area contributed by atoms with Crippen LogP contribution in [0.4, 0.5) is 14.5 Å². The molecule has 0 radical (unpaired) electrons. The quantitative estimate of drug-likeness (QED) is 0.571. The minimum atomic E-state index is -1.25. The average Bonchev–Trinajstić information content (AvgIpc) is 2.75. The third kappa shape index (κ3) is 5.41. The van der Waals surface area contributed by atoms with Gasteiger partial charge in [-0.25, -0.2) is 13.6 Å². The van der Waals surface area contributed by atoms with E-state index in [-0.39, 0.29) is 5.56 Å². The first-order valence-corrected chi connectivity index (χ1v) is 9.16. The average molecular weight is 411 g/mol. The van der Waals surface area contributed by atoms with Crippen molar-refractivity contribution >= 4 is 17.6 Å². The first-order valence-electron chi connectivity index (χ1n) is 9.16. The van der Waals surface area contributed by atoms with Crippen molar-refractivity contribution in [1.29, 1.82) is 0 Å². The van der Waals surface area contributed by atoms with Gasteiger partial charge in [0.05, 0.1) is 5.56 Å². The normalized spacial score (nSPS) is 11.4. The fourth-order valence-corrected chi connectivity index (χ4v) is 2.54. The summed E-state index contributed by atoms with van der Waals surface area (Å²) in [7, 11) is 0. The zero-order valence-corrected chi connectivity index (χ0v) is 16.1. The number of para-hydroxylation sites is 2. The highest BCUT2D eigenvalue weighted by atomic mass is 19.1. The number of benzene rings is 3. The van der Waals surface area contributed by atoms with E-state index in [0.29, 0.717) is 6.61 Å². The molecule has 0 saturated carbocycles. The van der Waals surface area contributed by atoms with E-state index in [1.807, 2.05) is 30.3 Å². The zero-order chi connectivity index (χ0) is 21.5. The summed E-state index contributed by atoms with van der Waals surface area (Å²) in [5, 5.41) is 2.09. The van der Waals surface area contributed by atoms with E-state index in [2.05, 4.69) is 5.32 Å². The van der Waals surface area contributed by atoms with Crippen molar-refractivity contribution in [1.82, 2.24) is 0 Å². The SMILES string of the molecule is C[C@@H](OC(=O)c1ccc(COc2ccccc2)cc1)C(=O)Nc1c(F)cccc1F. The molecular weight excluding hydrogens is 392 g/mol. The van der Waals surface area contributed by atoms with E-state index >= 15 is 0 Å². The van der Waals surface area contributed by atoms with Crippen LogP contribution >= 0.6 is 0 Å². The summed E-state index contributed by atoms with van der Waals surface area (Å²) in [6.45, 7) is 1.64. The molecule has 3 rings (SSSR count). The standard InChI is InChI=1S/C23H19F2NO4/c1-15(22(27)26-21-19(24)8-5-9-20(21)25)30-23(28)17-12-10-16(11-13-17)14-29-18-6-3-2-4-7-18/h2-13,15H,14H2,1H3,(H,26,27)/t15-/m1/s1. The number of ether oxygens (including phenoxy) is 2. The predicted molar refractivity (Wildman–Crippen MR) is 107 cm³/mol.